The SMILES string of the molecule is CC(=O)NCCn1c(C(C)(C)C)cc2cc(NC(=O)CCCCc3ccc4c(c3)OCO4)ccc21. The Morgan fingerprint density at radius 2 is 1.80 bits per heavy atom. The fraction of sp³-hybridized carbons (Fsp3) is 0.429. The van der Waals surface area contributed by atoms with E-state index in [1.807, 2.05) is 30.3 Å². The van der Waals surface area contributed by atoms with Gasteiger partial charge in [-0.15, -0.1) is 0 Å². The zero-order valence-corrected chi connectivity index (χ0v) is 21.1. The molecule has 2 heterocycles. The summed E-state index contributed by atoms with van der Waals surface area (Å²) < 4.78 is 13.0. The Balaban J connectivity index is 1.34. The Morgan fingerprint density at radius 3 is 2.57 bits per heavy atom. The van der Waals surface area contributed by atoms with Gasteiger partial charge in [0, 0.05) is 54.1 Å². The maximum absolute atomic E-state index is 12.6. The van der Waals surface area contributed by atoms with Crippen molar-refractivity contribution in [2.45, 2.75) is 65.3 Å². The van der Waals surface area contributed by atoms with Crippen LogP contribution in [0.2, 0.25) is 0 Å². The lowest BCUT2D eigenvalue weighted by Gasteiger charge is -2.22. The molecule has 0 aliphatic carbocycles. The van der Waals surface area contributed by atoms with Crippen molar-refractivity contribution in [2.24, 2.45) is 0 Å². The average Bonchev–Trinajstić information content (AvgIpc) is 3.40. The number of aryl methyl sites for hydroxylation is 1. The van der Waals surface area contributed by atoms with E-state index in [1.54, 1.807) is 0 Å². The molecule has 0 unspecified atom stereocenters. The molecule has 2 amide bonds. The van der Waals surface area contributed by atoms with Crippen molar-refractivity contribution in [1.82, 2.24) is 9.88 Å². The number of hydrogen-bond acceptors (Lipinski definition) is 4. The van der Waals surface area contributed by atoms with Gasteiger partial charge in [0.2, 0.25) is 18.6 Å². The van der Waals surface area contributed by atoms with Gasteiger partial charge in [0.05, 0.1) is 0 Å². The van der Waals surface area contributed by atoms with Crippen LogP contribution in [-0.4, -0.2) is 29.7 Å². The normalized spacial score (nSPS) is 12.7. The Morgan fingerprint density at radius 1 is 1.00 bits per heavy atom. The lowest BCUT2D eigenvalue weighted by Crippen LogP contribution is -2.26. The number of anilines is 1. The van der Waals surface area contributed by atoms with E-state index in [2.05, 4.69) is 48.1 Å². The summed E-state index contributed by atoms with van der Waals surface area (Å²) in [6, 6.07) is 14.2. The maximum atomic E-state index is 12.6. The average molecular weight is 478 g/mol. The molecule has 1 aliphatic heterocycles. The number of nitrogens with zero attached hydrogens (tertiary/aromatic N) is 1. The van der Waals surface area contributed by atoms with Gasteiger partial charge in [-0.1, -0.05) is 26.8 Å². The van der Waals surface area contributed by atoms with Gasteiger partial charge in [0.15, 0.2) is 11.5 Å². The van der Waals surface area contributed by atoms with Crippen LogP contribution >= 0.6 is 0 Å². The molecule has 2 aromatic carbocycles. The molecule has 186 valence electrons. The minimum absolute atomic E-state index is 0.0242. The molecular weight excluding hydrogens is 442 g/mol. The van der Waals surface area contributed by atoms with E-state index < -0.39 is 0 Å². The molecular formula is C28H35N3O4. The van der Waals surface area contributed by atoms with Gasteiger partial charge in [0.25, 0.3) is 0 Å². The van der Waals surface area contributed by atoms with Crippen LogP contribution in [0.15, 0.2) is 42.5 Å². The predicted octanol–water partition coefficient (Wildman–Crippen LogP) is 5.16. The number of carbonyl (C=O) groups excluding carboxylic acids is 2. The number of carbonyl (C=O) groups is 2. The first-order chi connectivity index (χ1) is 16.7. The van der Waals surface area contributed by atoms with Gasteiger partial charge in [0.1, 0.15) is 0 Å². The van der Waals surface area contributed by atoms with Crippen molar-refractivity contribution in [3.8, 4) is 11.5 Å². The summed E-state index contributed by atoms with van der Waals surface area (Å²) in [5.41, 5.74) is 4.25. The zero-order valence-electron chi connectivity index (χ0n) is 21.1. The molecule has 0 spiro atoms. The smallest absolute Gasteiger partial charge is 0.231 e. The van der Waals surface area contributed by atoms with Crippen LogP contribution in [0.1, 0.15) is 58.2 Å². The summed E-state index contributed by atoms with van der Waals surface area (Å²) in [7, 11) is 0. The number of amides is 2. The van der Waals surface area contributed by atoms with Crippen molar-refractivity contribution >= 4 is 28.4 Å². The zero-order chi connectivity index (χ0) is 25.0. The molecule has 2 N–H and O–H groups in total. The molecule has 1 aromatic heterocycles. The summed E-state index contributed by atoms with van der Waals surface area (Å²) in [6.45, 7) is 9.64. The molecule has 4 rings (SSSR count). The molecule has 1 aliphatic rings. The monoisotopic (exact) mass is 477 g/mol. The molecule has 0 fully saturated rings. The molecule has 0 atom stereocenters. The van der Waals surface area contributed by atoms with Gasteiger partial charge in [-0.05, 0) is 61.2 Å². The van der Waals surface area contributed by atoms with E-state index in [0.29, 0.717) is 19.5 Å². The van der Waals surface area contributed by atoms with Gasteiger partial charge >= 0.3 is 0 Å². The fourth-order valence-corrected chi connectivity index (χ4v) is 4.49. The standard InChI is InChI=1S/C28H35N3O4/c1-19(32)29-13-14-31-23-11-10-22(16-21(23)17-26(31)28(2,3)4)30-27(33)8-6-5-7-20-9-12-24-25(15-20)35-18-34-24/h9-12,15-17H,5-8,13-14,18H2,1-4H3,(H,29,32)(H,30,33). The van der Waals surface area contributed by atoms with Gasteiger partial charge < -0.3 is 24.7 Å². The van der Waals surface area contributed by atoms with Crippen LogP contribution < -0.4 is 20.1 Å². The van der Waals surface area contributed by atoms with E-state index in [1.165, 1.54) is 18.2 Å². The molecule has 0 saturated heterocycles. The lowest BCUT2D eigenvalue weighted by atomic mass is 9.92. The third kappa shape index (κ3) is 6.15. The van der Waals surface area contributed by atoms with Crippen LogP contribution in [0.4, 0.5) is 5.69 Å². The first-order valence-electron chi connectivity index (χ1n) is 12.3. The van der Waals surface area contributed by atoms with Crippen molar-refractivity contribution in [2.75, 3.05) is 18.7 Å². The lowest BCUT2D eigenvalue weighted by molar-refractivity contribution is -0.119. The summed E-state index contributed by atoms with van der Waals surface area (Å²) >= 11 is 0. The van der Waals surface area contributed by atoms with Gasteiger partial charge in [-0.25, -0.2) is 0 Å². The summed E-state index contributed by atoms with van der Waals surface area (Å²) in [5.74, 6) is 1.59. The topological polar surface area (TPSA) is 81.6 Å². The number of unbranched alkanes of at least 4 members (excludes halogenated alkanes) is 1. The predicted molar refractivity (Wildman–Crippen MR) is 138 cm³/mol. The Bertz CT molecular complexity index is 1220. The second kappa shape index (κ2) is 10.4. The molecule has 7 nitrogen and oxygen atoms in total. The molecule has 0 radical (unpaired) electrons. The molecule has 3 aromatic rings. The third-order valence-electron chi connectivity index (χ3n) is 6.22. The van der Waals surface area contributed by atoms with Crippen LogP contribution in [0.3, 0.4) is 0 Å². The quantitative estimate of drug-likeness (QED) is 0.418. The number of benzene rings is 2. The van der Waals surface area contributed by atoms with E-state index in [-0.39, 0.29) is 24.0 Å². The van der Waals surface area contributed by atoms with Gasteiger partial charge in [-0.2, -0.15) is 0 Å². The van der Waals surface area contributed by atoms with Crippen molar-refractivity contribution < 1.29 is 19.1 Å². The highest BCUT2D eigenvalue weighted by atomic mass is 16.7. The van der Waals surface area contributed by atoms with Crippen molar-refractivity contribution in [3.63, 3.8) is 0 Å². The Labute approximate surface area is 206 Å². The van der Waals surface area contributed by atoms with E-state index in [4.69, 9.17) is 9.47 Å². The number of fused-ring (bicyclic) bond motifs is 2. The number of rotatable bonds is 9. The number of nitrogens with one attached hydrogen (secondary N) is 2. The Hall–Kier alpha value is -3.48. The summed E-state index contributed by atoms with van der Waals surface area (Å²) in [4.78, 5) is 23.9. The van der Waals surface area contributed by atoms with Crippen molar-refractivity contribution in [1.29, 1.82) is 0 Å². The molecule has 0 bridgehead atoms. The van der Waals surface area contributed by atoms with E-state index in [9.17, 15) is 9.59 Å². The fourth-order valence-electron chi connectivity index (χ4n) is 4.49. The van der Waals surface area contributed by atoms with Crippen LogP contribution in [0.5, 0.6) is 11.5 Å². The van der Waals surface area contributed by atoms with Crippen LogP contribution in [0, 0.1) is 0 Å². The summed E-state index contributed by atoms with van der Waals surface area (Å²) in [6.07, 6.45) is 3.12. The van der Waals surface area contributed by atoms with E-state index >= 15 is 0 Å². The second-order valence-electron chi connectivity index (χ2n) is 10.1. The third-order valence-corrected chi connectivity index (χ3v) is 6.22. The van der Waals surface area contributed by atoms with Gasteiger partial charge in [-0.3, -0.25) is 9.59 Å². The number of hydrogen-bond donors (Lipinski definition) is 2. The largest absolute Gasteiger partial charge is 0.454 e. The highest BCUT2D eigenvalue weighted by Gasteiger charge is 2.21. The van der Waals surface area contributed by atoms with Crippen LogP contribution in [0.25, 0.3) is 10.9 Å². The number of aromatic nitrogens is 1. The highest BCUT2D eigenvalue weighted by Crippen LogP contribution is 2.33. The second-order valence-corrected chi connectivity index (χ2v) is 10.1. The number of ether oxygens (including phenoxy) is 2. The summed E-state index contributed by atoms with van der Waals surface area (Å²) in [5, 5.41) is 7.01. The van der Waals surface area contributed by atoms with Crippen LogP contribution in [-0.2, 0) is 28.0 Å². The minimum atomic E-state index is -0.0450. The highest BCUT2D eigenvalue weighted by molar-refractivity contribution is 5.94. The first kappa shape index (κ1) is 24.6. The first-order valence-corrected chi connectivity index (χ1v) is 12.3. The minimum Gasteiger partial charge on any atom is -0.454 e. The van der Waals surface area contributed by atoms with Crippen molar-refractivity contribution in [3.05, 3.63) is 53.7 Å². The molecule has 7 heteroatoms. The molecule has 0 saturated carbocycles. The maximum Gasteiger partial charge on any atom is 0.231 e. The Kier molecular flexibility index (Phi) is 7.34. The molecule has 35 heavy (non-hydrogen) atoms. The van der Waals surface area contributed by atoms with E-state index in [0.717, 1.165) is 47.4 Å².